The molecule has 0 bridgehead atoms. The molecule has 0 spiro atoms. The lowest BCUT2D eigenvalue weighted by atomic mass is 9.91. The number of hydrogen-bond donors (Lipinski definition) is 5. The third-order valence-corrected chi connectivity index (χ3v) is 16.8. The van der Waals surface area contributed by atoms with Gasteiger partial charge in [0.25, 0.3) is 0 Å². The summed E-state index contributed by atoms with van der Waals surface area (Å²) in [6.45, 7) is 31.2. The Morgan fingerprint density at radius 3 is 1.38 bits per heavy atom. The summed E-state index contributed by atoms with van der Waals surface area (Å²) >= 11 is 0. The second-order valence-electron chi connectivity index (χ2n) is 26.3. The molecule has 1 fully saturated rings. The quantitative estimate of drug-likeness (QED) is 0.131. The number of amides is 11. The van der Waals surface area contributed by atoms with E-state index in [0.29, 0.717) is 12.8 Å². The third-order valence-electron chi connectivity index (χ3n) is 16.8. The highest BCUT2D eigenvalue weighted by Crippen LogP contribution is 2.26. The summed E-state index contributed by atoms with van der Waals surface area (Å²) in [6, 6.07) is -14.1. The van der Waals surface area contributed by atoms with Gasteiger partial charge in [-0.15, -0.1) is 0 Å². The largest absolute Gasteiger partial charge is 0.390 e. The minimum atomic E-state index is -1.63. The van der Waals surface area contributed by atoms with Crippen LogP contribution in [-0.4, -0.2) is 239 Å². The van der Waals surface area contributed by atoms with E-state index in [-0.39, 0.29) is 50.0 Å². The van der Waals surface area contributed by atoms with Crippen molar-refractivity contribution < 1.29 is 62.6 Å². The molecule has 88 heavy (non-hydrogen) atoms. The molecule has 1 rings (SSSR count). The van der Waals surface area contributed by atoms with Gasteiger partial charge in [0.05, 0.1) is 12.2 Å². The van der Waals surface area contributed by atoms with E-state index in [1.807, 2.05) is 48.5 Å². The maximum Gasteiger partial charge on any atom is 0.246 e. The zero-order valence-corrected chi connectivity index (χ0v) is 58.1. The van der Waals surface area contributed by atoms with Crippen molar-refractivity contribution in [2.75, 3.05) is 55.9 Å². The molecule has 0 aromatic rings. The number of likely N-dealkylation sites (N-methyl/N-ethyl adjacent to an activating group) is 7. The SMILES string of the molecule is C/C=C/C[C@@H](C)[C@@H](O)[C@H]1C(=O)N[C@@H](CC)C(=O)N(C)[C@H](C)C(=O)N(C)[C@@H]([C@@H](C)OCCC)C(=O)N[C@@H](C(C)C)C(=O)N(C)[C@@H](CC(C)C)C(=O)N[C@@H](C)C(=O)N[C@H](C)C(=O)N(C)[C@@H](CC(C)C)C(=O)N(C)[C@@H](CC(C)C)C(=O)N(C)[C@@H](C(C)C)C(=O)N1C. The van der Waals surface area contributed by atoms with Crippen LogP contribution >= 0.6 is 0 Å². The number of carbonyl (C=O) groups excluding carboxylic acids is 11. The summed E-state index contributed by atoms with van der Waals surface area (Å²) in [5, 5.41) is 23.1. The molecule has 24 nitrogen and oxygen atoms in total. The molecule has 1 aliphatic rings. The Labute approximate surface area is 526 Å². The first kappa shape index (κ1) is 79.8. The Bertz CT molecular complexity index is 2400. The highest BCUT2D eigenvalue weighted by Gasteiger charge is 2.46. The number of nitrogens with zero attached hydrogens (tertiary/aromatic N) is 7. The standard InChI is InChI=1S/C64H115N11O13/c1-26-29-30-40(14)53(76)52-57(80)67-45(28-3)60(83)69(19)43(17)59(82)74(24)51(44(18)88-31-27-2)56(79)68-49(38(10)11)63(86)70(20)46(32-35(4)5)55(78)65-41(15)54(77)66-42(16)58(81)71(21)47(33-36(6)7)61(84)72(22)48(34-37(8)9)62(85)73(23)50(39(12)13)64(87)75(52)25/h26,29,35-53,76H,27-28,30-34H2,1-25H3,(H,65,78)(H,66,77)(H,67,80)(H,68,79)/b29-26+/t40-,41+,42-,43-,44-,45+,46+,47+,48+,49+,50+,51+,52+,53-/m1/s1. The van der Waals surface area contributed by atoms with Crippen LogP contribution in [0.5, 0.6) is 0 Å². The lowest BCUT2D eigenvalue weighted by Crippen LogP contribution is -2.64. The van der Waals surface area contributed by atoms with E-state index in [2.05, 4.69) is 21.3 Å². The second kappa shape index (κ2) is 36.5. The molecule has 1 heterocycles. The average molecular weight is 1250 g/mol. The van der Waals surface area contributed by atoms with E-state index < -0.39 is 161 Å². The van der Waals surface area contributed by atoms with Crippen LogP contribution in [-0.2, 0) is 57.5 Å². The van der Waals surface area contributed by atoms with Crippen LogP contribution in [0.4, 0.5) is 0 Å². The Balaban J connectivity index is 4.42. The van der Waals surface area contributed by atoms with E-state index in [4.69, 9.17) is 4.74 Å². The van der Waals surface area contributed by atoms with Gasteiger partial charge in [0.15, 0.2) is 0 Å². The molecule has 0 radical (unpaired) electrons. The second-order valence-corrected chi connectivity index (χ2v) is 26.3. The van der Waals surface area contributed by atoms with E-state index in [0.717, 1.165) is 14.7 Å². The first-order valence-corrected chi connectivity index (χ1v) is 31.7. The summed E-state index contributed by atoms with van der Waals surface area (Å²) in [5.41, 5.74) is 0. The molecule has 1 saturated heterocycles. The predicted octanol–water partition coefficient (Wildman–Crippen LogP) is 3.43. The summed E-state index contributed by atoms with van der Waals surface area (Å²) in [6.07, 6.45) is 2.39. The summed E-state index contributed by atoms with van der Waals surface area (Å²) in [5.74, 6) is -9.99. The summed E-state index contributed by atoms with van der Waals surface area (Å²) < 4.78 is 6.06. The fourth-order valence-electron chi connectivity index (χ4n) is 11.1. The van der Waals surface area contributed by atoms with Gasteiger partial charge in [0.2, 0.25) is 65.0 Å². The van der Waals surface area contributed by atoms with Gasteiger partial charge in [-0.3, -0.25) is 52.7 Å². The molecule has 24 heteroatoms. The minimum absolute atomic E-state index is 0.00365. The molecule has 1 aliphatic heterocycles. The average Bonchev–Trinajstić information content (AvgIpc) is 3.25. The van der Waals surface area contributed by atoms with Crippen molar-refractivity contribution in [3.8, 4) is 0 Å². The molecule has 0 aromatic carbocycles. The van der Waals surface area contributed by atoms with Gasteiger partial charge < -0.3 is 65.4 Å². The van der Waals surface area contributed by atoms with Crippen LogP contribution in [0.25, 0.3) is 0 Å². The number of nitrogens with one attached hydrogen (secondary N) is 4. The lowest BCUT2D eigenvalue weighted by Gasteiger charge is -2.41. The van der Waals surface area contributed by atoms with Crippen LogP contribution < -0.4 is 21.3 Å². The Kier molecular flexibility index (Phi) is 33.1. The molecule has 14 atom stereocenters. The normalized spacial score (nSPS) is 27.6. The maximum absolute atomic E-state index is 15.2. The summed E-state index contributed by atoms with van der Waals surface area (Å²) in [7, 11) is 9.85. The van der Waals surface area contributed by atoms with Gasteiger partial charge in [0, 0.05) is 55.9 Å². The van der Waals surface area contributed by atoms with E-state index in [1.54, 1.807) is 67.5 Å². The van der Waals surface area contributed by atoms with E-state index >= 15 is 9.59 Å². The number of aliphatic hydroxyl groups excluding tert-OH is 1. The Hall–Kier alpha value is -6.17. The van der Waals surface area contributed by atoms with Crippen LogP contribution in [0, 0.1) is 35.5 Å². The molecule has 11 amide bonds. The highest BCUT2D eigenvalue weighted by molar-refractivity contribution is 6.00. The van der Waals surface area contributed by atoms with Crippen LogP contribution in [0.15, 0.2) is 12.2 Å². The minimum Gasteiger partial charge on any atom is -0.390 e. The lowest BCUT2D eigenvalue weighted by molar-refractivity contribution is -0.157. The van der Waals surface area contributed by atoms with Crippen molar-refractivity contribution in [2.45, 2.75) is 242 Å². The highest BCUT2D eigenvalue weighted by atomic mass is 16.5. The van der Waals surface area contributed by atoms with Crippen LogP contribution in [0.1, 0.15) is 163 Å². The zero-order valence-electron chi connectivity index (χ0n) is 58.1. The number of rotatable bonds is 17. The maximum atomic E-state index is 15.2. The molecule has 504 valence electrons. The molecule has 0 aliphatic carbocycles. The smallest absolute Gasteiger partial charge is 0.246 e. The predicted molar refractivity (Wildman–Crippen MR) is 339 cm³/mol. The van der Waals surface area contributed by atoms with E-state index in [9.17, 15) is 48.3 Å². The molecule has 0 aromatic heterocycles. The van der Waals surface area contributed by atoms with Crippen molar-refractivity contribution in [3.05, 3.63) is 12.2 Å². The first-order valence-electron chi connectivity index (χ1n) is 31.7. The van der Waals surface area contributed by atoms with Gasteiger partial charge in [-0.05, 0) is 109 Å². The molecule has 0 saturated carbocycles. The first-order chi connectivity index (χ1) is 40.7. The van der Waals surface area contributed by atoms with Crippen LogP contribution in [0.3, 0.4) is 0 Å². The Morgan fingerprint density at radius 1 is 0.466 bits per heavy atom. The van der Waals surface area contributed by atoms with Gasteiger partial charge in [-0.1, -0.05) is 102 Å². The van der Waals surface area contributed by atoms with Gasteiger partial charge in [0.1, 0.15) is 66.5 Å². The van der Waals surface area contributed by atoms with Gasteiger partial charge in [-0.2, -0.15) is 0 Å². The molecule has 5 N–H and O–H groups in total. The van der Waals surface area contributed by atoms with E-state index in [1.165, 1.54) is 89.7 Å². The summed E-state index contributed by atoms with van der Waals surface area (Å²) in [4.78, 5) is 170. The Morgan fingerprint density at radius 2 is 0.909 bits per heavy atom. The zero-order chi connectivity index (χ0) is 68.3. The van der Waals surface area contributed by atoms with Crippen molar-refractivity contribution in [2.24, 2.45) is 35.5 Å². The number of hydrogen-bond acceptors (Lipinski definition) is 13. The van der Waals surface area contributed by atoms with Crippen LogP contribution in [0.2, 0.25) is 0 Å². The number of ether oxygens (including phenoxy) is 1. The topological polar surface area (TPSA) is 288 Å². The van der Waals surface area contributed by atoms with Crippen molar-refractivity contribution in [1.82, 2.24) is 55.6 Å². The molecular weight excluding hydrogens is 1130 g/mol. The van der Waals surface area contributed by atoms with Crippen molar-refractivity contribution >= 4 is 65.0 Å². The fraction of sp³-hybridized carbons (Fsp3) is 0.797. The number of allylic oxidation sites excluding steroid dienone is 2. The third kappa shape index (κ3) is 21.5. The number of aliphatic hydroxyl groups is 1. The molecular formula is C64H115N11O13. The van der Waals surface area contributed by atoms with Gasteiger partial charge in [-0.25, -0.2) is 0 Å². The van der Waals surface area contributed by atoms with Crippen molar-refractivity contribution in [1.29, 1.82) is 0 Å². The van der Waals surface area contributed by atoms with Gasteiger partial charge >= 0.3 is 0 Å². The molecule has 0 unspecified atom stereocenters. The fourth-order valence-corrected chi connectivity index (χ4v) is 11.1. The van der Waals surface area contributed by atoms with Crippen molar-refractivity contribution in [3.63, 3.8) is 0 Å². The number of carbonyl (C=O) groups is 11. The monoisotopic (exact) mass is 1250 g/mol.